The van der Waals surface area contributed by atoms with Crippen LogP contribution in [-0.4, -0.2) is 16.8 Å². The van der Waals surface area contributed by atoms with E-state index in [4.69, 9.17) is 0 Å². The summed E-state index contributed by atoms with van der Waals surface area (Å²) in [5.74, 6) is 0. The molecule has 1 N–H and O–H groups in total. The molecule has 1 aliphatic carbocycles. The topological polar surface area (TPSA) is 29.9 Å². The third-order valence-electron chi connectivity index (χ3n) is 3.93. The van der Waals surface area contributed by atoms with Crippen LogP contribution < -0.4 is 5.32 Å². The number of hydrogen-bond acceptors (Lipinski definition) is 3. The molecule has 0 saturated heterocycles. The first kappa shape index (κ1) is 13.7. The van der Waals surface area contributed by atoms with Crippen LogP contribution in [0.1, 0.15) is 28.8 Å². The maximum absolute atomic E-state index is 4.55. The zero-order valence-corrected chi connectivity index (χ0v) is 13.2. The lowest BCUT2D eigenvalue weighted by Crippen LogP contribution is -2.06. The van der Waals surface area contributed by atoms with Crippen molar-refractivity contribution in [1.29, 1.82) is 0 Å². The van der Waals surface area contributed by atoms with E-state index < -0.39 is 0 Å². The molecule has 2 aromatic rings. The zero-order valence-electron chi connectivity index (χ0n) is 12.4. The number of fused-ring (bicyclic) bond motifs is 1. The molecule has 0 amide bonds. The van der Waals surface area contributed by atoms with Gasteiger partial charge in [-0.1, -0.05) is 17.8 Å². The Bertz CT molecular complexity index is 631. The van der Waals surface area contributed by atoms with E-state index in [0.29, 0.717) is 0 Å². The number of nitrogens with one attached hydrogen (secondary N) is 1. The second kappa shape index (κ2) is 5.62. The molecule has 0 unspecified atom stereocenters. The van der Waals surface area contributed by atoms with E-state index in [1.807, 2.05) is 30.5 Å². The zero-order chi connectivity index (χ0) is 14.1. The van der Waals surface area contributed by atoms with Gasteiger partial charge in [0.05, 0.1) is 5.69 Å². The van der Waals surface area contributed by atoms with Crippen LogP contribution in [0.15, 0.2) is 28.1 Å². The van der Waals surface area contributed by atoms with Gasteiger partial charge in [-0.15, -0.1) is 0 Å². The van der Waals surface area contributed by atoms with Crippen molar-refractivity contribution in [3.8, 4) is 0 Å². The highest BCUT2D eigenvalue weighted by molar-refractivity contribution is 7.99. The highest BCUT2D eigenvalue weighted by atomic mass is 32.2. The van der Waals surface area contributed by atoms with Gasteiger partial charge in [0.25, 0.3) is 0 Å². The minimum absolute atomic E-state index is 0.868. The number of hydrogen-bond donors (Lipinski definition) is 1. The standard InChI is InChI=1S/C16H21N3S/c1-11-15(10-17-2)16(19(3)18-11)20-14-8-7-12-5-4-6-13(12)9-14/h7-9,17H,4-6,10H2,1-3H3. The summed E-state index contributed by atoms with van der Waals surface area (Å²) < 4.78 is 2.00. The number of aromatic nitrogens is 2. The molecular weight excluding hydrogens is 266 g/mol. The van der Waals surface area contributed by atoms with Crippen LogP contribution in [0.3, 0.4) is 0 Å². The van der Waals surface area contributed by atoms with E-state index >= 15 is 0 Å². The fourth-order valence-electron chi connectivity index (χ4n) is 2.91. The first-order valence-corrected chi connectivity index (χ1v) is 7.97. The Hall–Kier alpha value is -1.26. The Kier molecular flexibility index (Phi) is 3.85. The van der Waals surface area contributed by atoms with E-state index in [-0.39, 0.29) is 0 Å². The van der Waals surface area contributed by atoms with Gasteiger partial charge in [0.15, 0.2) is 0 Å². The van der Waals surface area contributed by atoms with Gasteiger partial charge in [-0.2, -0.15) is 5.10 Å². The van der Waals surface area contributed by atoms with Crippen molar-refractivity contribution < 1.29 is 0 Å². The summed E-state index contributed by atoms with van der Waals surface area (Å²) in [6.45, 7) is 2.95. The third kappa shape index (κ3) is 2.50. The number of aryl methyl sites for hydroxylation is 4. The molecule has 0 fully saturated rings. The summed E-state index contributed by atoms with van der Waals surface area (Å²) in [5.41, 5.74) is 5.49. The molecule has 1 heterocycles. The molecule has 3 rings (SSSR count). The lowest BCUT2D eigenvalue weighted by atomic mass is 10.1. The molecule has 20 heavy (non-hydrogen) atoms. The summed E-state index contributed by atoms with van der Waals surface area (Å²) in [4.78, 5) is 1.33. The summed E-state index contributed by atoms with van der Waals surface area (Å²) in [6, 6.07) is 6.91. The monoisotopic (exact) mass is 287 g/mol. The van der Waals surface area contributed by atoms with Crippen molar-refractivity contribution in [2.45, 2.75) is 42.7 Å². The van der Waals surface area contributed by atoms with Crippen LogP contribution in [0.2, 0.25) is 0 Å². The van der Waals surface area contributed by atoms with Crippen molar-refractivity contribution in [1.82, 2.24) is 15.1 Å². The largest absolute Gasteiger partial charge is 0.316 e. The quantitative estimate of drug-likeness (QED) is 0.937. The summed E-state index contributed by atoms with van der Waals surface area (Å²) in [6.07, 6.45) is 3.78. The van der Waals surface area contributed by atoms with Crippen molar-refractivity contribution in [2.24, 2.45) is 7.05 Å². The molecular formula is C16H21N3S. The second-order valence-electron chi connectivity index (χ2n) is 5.41. The SMILES string of the molecule is CNCc1c(C)nn(C)c1Sc1ccc2c(c1)CCC2. The molecule has 0 radical (unpaired) electrons. The summed E-state index contributed by atoms with van der Waals surface area (Å²) in [5, 5.41) is 9.04. The van der Waals surface area contributed by atoms with Crippen LogP contribution in [-0.2, 0) is 26.4 Å². The Balaban J connectivity index is 1.91. The van der Waals surface area contributed by atoms with Gasteiger partial charge >= 0.3 is 0 Å². The molecule has 0 aliphatic heterocycles. The summed E-state index contributed by atoms with van der Waals surface area (Å²) >= 11 is 1.83. The fourth-order valence-corrected chi connectivity index (χ4v) is 3.99. The molecule has 0 bridgehead atoms. The Labute approximate surface area is 124 Å². The fraction of sp³-hybridized carbons (Fsp3) is 0.438. The minimum atomic E-state index is 0.868. The van der Waals surface area contributed by atoms with Crippen LogP contribution in [0.5, 0.6) is 0 Å². The Morgan fingerprint density at radius 1 is 1.30 bits per heavy atom. The number of rotatable bonds is 4. The van der Waals surface area contributed by atoms with E-state index in [0.717, 1.165) is 12.2 Å². The maximum atomic E-state index is 4.55. The van der Waals surface area contributed by atoms with Gasteiger partial charge in [0.1, 0.15) is 5.03 Å². The average Bonchev–Trinajstić information content (AvgIpc) is 2.98. The second-order valence-corrected chi connectivity index (χ2v) is 6.47. The first-order chi connectivity index (χ1) is 9.69. The van der Waals surface area contributed by atoms with Gasteiger partial charge in [-0.3, -0.25) is 4.68 Å². The van der Waals surface area contributed by atoms with Gasteiger partial charge in [-0.25, -0.2) is 0 Å². The van der Waals surface area contributed by atoms with Gasteiger partial charge < -0.3 is 5.32 Å². The van der Waals surface area contributed by atoms with Crippen LogP contribution in [0, 0.1) is 6.92 Å². The van der Waals surface area contributed by atoms with Crippen LogP contribution >= 0.6 is 11.8 Å². The predicted octanol–water partition coefficient (Wildman–Crippen LogP) is 3.09. The van der Waals surface area contributed by atoms with E-state index in [1.165, 1.54) is 45.9 Å². The highest BCUT2D eigenvalue weighted by Crippen LogP contribution is 2.34. The maximum Gasteiger partial charge on any atom is 0.103 e. The first-order valence-electron chi connectivity index (χ1n) is 7.15. The van der Waals surface area contributed by atoms with Crippen LogP contribution in [0.4, 0.5) is 0 Å². The molecule has 1 aliphatic rings. The lowest BCUT2D eigenvalue weighted by molar-refractivity contribution is 0.684. The van der Waals surface area contributed by atoms with Gasteiger partial charge in [0, 0.05) is 24.1 Å². The molecule has 0 atom stereocenters. The number of nitrogens with zero attached hydrogens (tertiary/aromatic N) is 2. The predicted molar refractivity (Wildman–Crippen MR) is 83.3 cm³/mol. The average molecular weight is 287 g/mol. The molecule has 1 aromatic carbocycles. The Morgan fingerprint density at radius 2 is 2.10 bits per heavy atom. The van der Waals surface area contributed by atoms with Crippen molar-refractivity contribution in [3.63, 3.8) is 0 Å². The van der Waals surface area contributed by atoms with Gasteiger partial charge in [0.2, 0.25) is 0 Å². The van der Waals surface area contributed by atoms with Crippen molar-refractivity contribution >= 4 is 11.8 Å². The van der Waals surface area contributed by atoms with E-state index in [1.54, 1.807) is 0 Å². The molecule has 4 heteroatoms. The smallest absolute Gasteiger partial charge is 0.103 e. The van der Waals surface area contributed by atoms with Crippen LogP contribution in [0.25, 0.3) is 0 Å². The van der Waals surface area contributed by atoms with Crippen molar-refractivity contribution in [3.05, 3.63) is 40.6 Å². The third-order valence-corrected chi connectivity index (χ3v) is 5.12. The molecule has 106 valence electrons. The molecule has 0 spiro atoms. The molecule has 0 saturated carbocycles. The van der Waals surface area contributed by atoms with Crippen molar-refractivity contribution in [2.75, 3.05) is 7.05 Å². The minimum Gasteiger partial charge on any atom is -0.316 e. The van der Waals surface area contributed by atoms with E-state index in [2.05, 4.69) is 35.5 Å². The normalized spacial score (nSPS) is 13.8. The highest BCUT2D eigenvalue weighted by Gasteiger charge is 2.16. The lowest BCUT2D eigenvalue weighted by Gasteiger charge is -2.08. The van der Waals surface area contributed by atoms with E-state index in [9.17, 15) is 0 Å². The Morgan fingerprint density at radius 3 is 2.90 bits per heavy atom. The molecule has 3 nitrogen and oxygen atoms in total. The summed E-state index contributed by atoms with van der Waals surface area (Å²) in [7, 11) is 4.01. The molecule has 1 aromatic heterocycles. The number of benzene rings is 1. The van der Waals surface area contributed by atoms with Gasteiger partial charge in [-0.05, 0) is 56.5 Å².